The van der Waals surface area contributed by atoms with Gasteiger partial charge >= 0.3 is 5.97 Å². The summed E-state index contributed by atoms with van der Waals surface area (Å²) in [7, 11) is 1.40. The number of esters is 1. The van der Waals surface area contributed by atoms with Crippen molar-refractivity contribution in [2.24, 2.45) is 5.92 Å². The highest BCUT2D eigenvalue weighted by Crippen LogP contribution is 2.38. The number of carbonyl (C=O) groups excluding carboxylic acids is 1. The first-order valence-electron chi connectivity index (χ1n) is 11.9. The number of methoxy groups -OCH3 is 1. The van der Waals surface area contributed by atoms with E-state index in [0.29, 0.717) is 64.9 Å². The first-order chi connectivity index (χ1) is 16.9. The van der Waals surface area contributed by atoms with Crippen LogP contribution in [0.3, 0.4) is 0 Å². The summed E-state index contributed by atoms with van der Waals surface area (Å²) in [4.78, 5) is 28.2. The number of rotatable bonds is 5. The van der Waals surface area contributed by atoms with Crippen molar-refractivity contribution in [3.63, 3.8) is 0 Å². The Morgan fingerprint density at radius 3 is 2.57 bits per heavy atom. The SMILES string of the molecule is CCC(C)C(C(=O)OC)N1COc2ccc3c(=O)c(-c4ccc5c(c4)OCCO5)c(C)oc3c2C1. The van der Waals surface area contributed by atoms with Crippen molar-refractivity contribution >= 4 is 16.9 Å². The predicted octanol–water partition coefficient (Wildman–Crippen LogP) is 4.28. The van der Waals surface area contributed by atoms with E-state index in [0.717, 1.165) is 12.0 Å². The maximum absolute atomic E-state index is 13.7. The second kappa shape index (κ2) is 9.26. The minimum absolute atomic E-state index is 0.0677. The molecule has 0 N–H and O–H groups in total. The van der Waals surface area contributed by atoms with Crippen LogP contribution >= 0.6 is 0 Å². The molecule has 2 unspecified atom stereocenters. The molecule has 0 amide bonds. The summed E-state index contributed by atoms with van der Waals surface area (Å²) in [6, 6.07) is 8.55. The van der Waals surface area contributed by atoms with Crippen molar-refractivity contribution in [3.05, 3.63) is 51.9 Å². The first-order valence-corrected chi connectivity index (χ1v) is 11.9. The van der Waals surface area contributed by atoms with Crippen LogP contribution in [0.4, 0.5) is 0 Å². The lowest BCUT2D eigenvalue weighted by atomic mass is 9.96. The molecule has 3 heterocycles. The molecular weight excluding hydrogens is 450 g/mol. The van der Waals surface area contributed by atoms with Crippen molar-refractivity contribution in [1.82, 2.24) is 4.90 Å². The van der Waals surface area contributed by atoms with Crippen molar-refractivity contribution < 1.29 is 28.2 Å². The molecule has 0 radical (unpaired) electrons. The van der Waals surface area contributed by atoms with E-state index in [2.05, 4.69) is 0 Å². The number of nitrogens with zero attached hydrogens (tertiary/aromatic N) is 1. The van der Waals surface area contributed by atoms with E-state index in [1.165, 1.54) is 7.11 Å². The van der Waals surface area contributed by atoms with Crippen molar-refractivity contribution in [3.8, 4) is 28.4 Å². The van der Waals surface area contributed by atoms with Crippen molar-refractivity contribution in [2.75, 3.05) is 27.1 Å². The van der Waals surface area contributed by atoms with E-state index in [4.69, 9.17) is 23.4 Å². The third kappa shape index (κ3) is 4.01. The monoisotopic (exact) mass is 479 g/mol. The van der Waals surface area contributed by atoms with Crippen molar-refractivity contribution in [1.29, 1.82) is 0 Å². The molecule has 184 valence electrons. The molecule has 2 aliphatic heterocycles. The fourth-order valence-electron chi connectivity index (χ4n) is 4.89. The lowest BCUT2D eigenvalue weighted by Crippen LogP contribution is -2.48. The molecule has 0 bridgehead atoms. The van der Waals surface area contributed by atoms with Gasteiger partial charge in [-0.1, -0.05) is 26.3 Å². The zero-order valence-electron chi connectivity index (χ0n) is 20.4. The van der Waals surface area contributed by atoms with Crippen LogP contribution < -0.4 is 19.6 Å². The lowest BCUT2D eigenvalue weighted by Gasteiger charge is -2.36. The van der Waals surface area contributed by atoms with Gasteiger partial charge in [0.15, 0.2) is 11.5 Å². The van der Waals surface area contributed by atoms with Gasteiger partial charge in [0.05, 0.1) is 23.6 Å². The Hall–Kier alpha value is -3.52. The third-order valence-electron chi connectivity index (χ3n) is 6.89. The Bertz CT molecular complexity index is 1350. The first kappa shape index (κ1) is 23.2. The predicted molar refractivity (Wildman–Crippen MR) is 130 cm³/mol. The number of carbonyl (C=O) groups is 1. The standard InChI is InChI=1S/C27H29NO7/c1-5-15(2)24(27(30)31-4)28-13-19-20(34-14-28)9-7-18-25(29)23(16(3)35-26(18)19)17-6-8-21-22(12-17)33-11-10-32-21/h6-9,12,15,24H,5,10-11,13-14H2,1-4H3. The van der Waals surface area contributed by atoms with Gasteiger partial charge in [-0.2, -0.15) is 0 Å². The highest BCUT2D eigenvalue weighted by molar-refractivity contribution is 5.87. The molecule has 2 aliphatic rings. The quantitative estimate of drug-likeness (QED) is 0.501. The number of hydrogen-bond acceptors (Lipinski definition) is 8. The molecule has 0 fully saturated rings. The maximum atomic E-state index is 13.7. The van der Waals surface area contributed by atoms with Gasteiger partial charge in [0.1, 0.15) is 43.1 Å². The second-order valence-corrected chi connectivity index (χ2v) is 9.01. The maximum Gasteiger partial charge on any atom is 0.323 e. The van der Waals surface area contributed by atoms with Gasteiger partial charge in [0.25, 0.3) is 0 Å². The average Bonchev–Trinajstić information content (AvgIpc) is 2.88. The van der Waals surface area contributed by atoms with Crippen LogP contribution in [0.2, 0.25) is 0 Å². The largest absolute Gasteiger partial charge is 0.486 e. The average molecular weight is 480 g/mol. The van der Waals surface area contributed by atoms with E-state index in [-0.39, 0.29) is 24.0 Å². The molecule has 1 aromatic heterocycles. The highest BCUT2D eigenvalue weighted by Gasteiger charge is 2.35. The fraction of sp³-hybridized carbons (Fsp3) is 0.407. The van der Waals surface area contributed by atoms with Crippen LogP contribution in [0.5, 0.6) is 17.2 Å². The second-order valence-electron chi connectivity index (χ2n) is 9.01. The van der Waals surface area contributed by atoms with Gasteiger partial charge in [-0.3, -0.25) is 14.5 Å². The van der Waals surface area contributed by atoms with Crippen LogP contribution in [0.25, 0.3) is 22.1 Å². The van der Waals surface area contributed by atoms with Crippen LogP contribution in [0, 0.1) is 12.8 Å². The summed E-state index contributed by atoms with van der Waals surface area (Å²) in [5, 5.41) is 0.461. The van der Waals surface area contributed by atoms with E-state index in [1.54, 1.807) is 19.1 Å². The van der Waals surface area contributed by atoms with Crippen LogP contribution in [0.1, 0.15) is 31.6 Å². The number of hydrogen-bond donors (Lipinski definition) is 0. The zero-order chi connectivity index (χ0) is 24.7. The molecule has 8 nitrogen and oxygen atoms in total. The number of aryl methyl sites for hydroxylation is 1. The lowest BCUT2D eigenvalue weighted by molar-refractivity contribution is -0.151. The van der Waals surface area contributed by atoms with Crippen LogP contribution in [-0.2, 0) is 16.1 Å². The molecule has 35 heavy (non-hydrogen) atoms. The summed E-state index contributed by atoms with van der Waals surface area (Å²) in [5.41, 5.74) is 2.28. The molecule has 2 atom stereocenters. The molecule has 5 rings (SSSR count). The minimum atomic E-state index is -0.460. The molecule has 0 saturated carbocycles. The van der Waals surface area contributed by atoms with E-state index in [9.17, 15) is 9.59 Å². The summed E-state index contributed by atoms with van der Waals surface area (Å²) in [6.07, 6.45) is 0.811. The molecule has 0 spiro atoms. The topological polar surface area (TPSA) is 87.4 Å². The summed E-state index contributed by atoms with van der Waals surface area (Å²) in [6.45, 7) is 7.46. The van der Waals surface area contributed by atoms with Crippen LogP contribution in [-0.4, -0.2) is 44.0 Å². The van der Waals surface area contributed by atoms with Gasteiger partial charge in [-0.15, -0.1) is 0 Å². The number of fused-ring (bicyclic) bond motifs is 4. The van der Waals surface area contributed by atoms with Gasteiger partial charge in [0.2, 0.25) is 5.43 Å². The third-order valence-corrected chi connectivity index (χ3v) is 6.89. The number of benzene rings is 2. The van der Waals surface area contributed by atoms with Gasteiger partial charge in [-0.05, 0) is 42.7 Å². The Morgan fingerprint density at radius 1 is 1.09 bits per heavy atom. The molecule has 2 aromatic carbocycles. The molecule has 8 heteroatoms. The van der Waals surface area contributed by atoms with Gasteiger partial charge in [0, 0.05) is 6.54 Å². The van der Waals surface area contributed by atoms with Gasteiger partial charge < -0.3 is 23.4 Å². The Morgan fingerprint density at radius 2 is 1.83 bits per heavy atom. The molecule has 0 saturated heterocycles. The zero-order valence-corrected chi connectivity index (χ0v) is 20.4. The smallest absolute Gasteiger partial charge is 0.323 e. The summed E-state index contributed by atoms with van der Waals surface area (Å²) in [5.74, 6) is 2.19. The Kier molecular flexibility index (Phi) is 6.15. The molecular formula is C27H29NO7. The highest BCUT2D eigenvalue weighted by atomic mass is 16.6. The van der Waals surface area contributed by atoms with E-state index >= 15 is 0 Å². The normalized spacial score (nSPS) is 16.8. The van der Waals surface area contributed by atoms with E-state index in [1.807, 2.05) is 36.9 Å². The summed E-state index contributed by atoms with van der Waals surface area (Å²) < 4.78 is 28.7. The summed E-state index contributed by atoms with van der Waals surface area (Å²) >= 11 is 0. The minimum Gasteiger partial charge on any atom is -0.486 e. The van der Waals surface area contributed by atoms with Crippen molar-refractivity contribution in [2.45, 2.75) is 39.8 Å². The molecule has 0 aliphatic carbocycles. The Balaban J connectivity index is 1.58. The molecule has 3 aromatic rings. The fourth-order valence-corrected chi connectivity index (χ4v) is 4.89. The number of ether oxygens (including phenoxy) is 4. The van der Waals surface area contributed by atoms with E-state index < -0.39 is 6.04 Å². The Labute approximate surface area is 203 Å². The van der Waals surface area contributed by atoms with Gasteiger partial charge in [-0.25, -0.2) is 0 Å². The van der Waals surface area contributed by atoms with Crippen LogP contribution in [0.15, 0.2) is 39.5 Å².